The minimum absolute atomic E-state index is 0.126. The van der Waals surface area contributed by atoms with Crippen LogP contribution in [0.5, 0.6) is 0 Å². The maximum Gasteiger partial charge on any atom is 0.416 e. The summed E-state index contributed by atoms with van der Waals surface area (Å²) >= 11 is 0. The number of amides is 2. The Kier molecular flexibility index (Phi) is 5.24. The number of anilines is 2. The van der Waals surface area contributed by atoms with Crippen molar-refractivity contribution in [3.05, 3.63) is 41.6 Å². The fourth-order valence-electron chi connectivity index (χ4n) is 2.82. The van der Waals surface area contributed by atoms with Crippen LogP contribution in [0, 0.1) is 0 Å². The molecule has 0 unspecified atom stereocenters. The van der Waals surface area contributed by atoms with Crippen molar-refractivity contribution in [1.82, 2.24) is 10.2 Å². The summed E-state index contributed by atoms with van der Waals surface area (Å²) < 4.78 is 43.3. The van der Waals surface area contributed by atoms with Crippen LogP contribution in [-0.2, 0) is 11.6 Å². The maximum atomic E-state index is 12.7. The highest BCUT2D eigenvalue weighted by molar-refractivity contribution is 5.89. The fourth-order valence-corrected chi connectivity index (χ4v) is 2.82. The molecule has 0 bridgehead atoms. The standard InChI is InChI=1S/C18H21F3N4O3/c1-17(2,11-26)14-10-15(28-23-14)22-16(27)25-9-3-8-24(25)13-6-4-12(5-7-13)18(19,20)21/h4-7,10,26H,3,8-9,11H2,1-2H3,(H,22,27). The van der Waals surface area contributed by atoms with E-state index in [1.807, 2.05) is 0 Å². The zero-order valence-corrected chi connectivity index (χ0v) is 15.5. The zero-order chi connectivity index (χ0) is 20.5. The van der Waals surface area contributed by atoms with E-state index in [4.69, 9.17) is 4.52 Å². The van der Waals surface area contributed by atoms with Gasteiger partial charge in [-0.1, -0.05) is 19.0 Å². The van der Waals surface area contributed by atoms with Crippen LogP contribution in [-0.4, -0.2) is 41.0 Å². The predicted octanol–water partition coefficient (Wildman–Crippen LogP) is 3.62. The van der Waals surface area contributed by atoms with Gasteiger partial charge in [0.25, 0.3) is 0 Å². The van der Waals surface area contributed by atoms with E-state index in [9.17, 15) is 23.1 Å². The summed E-state index contributed by atoms with van der Waals surface area (Å²) in [6.45, 7) is 4.33. The number of aliphatic hydroxyl groups excluding tert-OH is 1. The average molecular weight is 398 g/mol. The van der Waals surface area contributed by atoms with Crippen LogP contribution < -0.4 is 10.3 Å². The number of urea groups is 1. The van der Waals surface area contributed by atoms with Crippen LogP contribution in [0.2, 0.25) is 0 Å². The molecule has 0 aliphatic carbocycles. The molecule has 1 saturated heterocycles. The number of carbonyl (C=O) groups is 1. The number of halogens is 3. The summed E-state index contributed by atoms with van der Waals surface area (Å²) in [5.74, 6) is 0.126. The third-order valence-electron chi connectivity index (χ3n) is 4.59. The molecule has 0 saturated carbocycles. The van der Waals surface area contributed by atoms with Gasteiger partial charge < -0.3 is 9.63 Å². The number of alkyl halides is 3. The molecule has 1 aromatic heterocycles. The first-order valence-corrected chi connectivity index (χ1v) is 8.73. The van der Waals surface area contributed by atoms with Gasteiger partial charge in [0.1, 0.15) is 0 Å². The van der Waals surface area contributed by atoms with Gasteiger partial charge in [-0.15, -0.1) is 0 Å². The molecule has 10 heteroatoms. The second kappa shape index (κ2) is 7.34. The summed E-state index contributed by atoms with van der Waals surface area (Å²) in [6, 6.07) is 5.71. The van der Waals surface area contributed by atoms with Crippen LogP contribution in [0.1, 0.15) is 31.5 Å². The van der Waals surface area contributed by atoms with E-state index in [0.29, 0.717) is 30.9 Å². The van der Waals surface area contributed by atoms with Gasteiger partial charge in [-0.3, -0.25) is 10.3 Å². The zero-order valence-electron chi connectivity index (χ0n) is 15.5. The molecular weight excluding hydrogens is 377 g/mol. The van der Waals surface area contributed by atoms with Crippen LogP contribution in [0.25, 0.3) is 0 Å². The lowest BCUT2D eigenvalue weighted by Gasteiger charge is -2.29. The van der Waals surface area contributed by atoms with E-state index in [0.717, 1.165) is 12.1 Å². The first-order valence-electron chi connectivity index (χ1n) is 8.73. The van der Waals surface area contributed by atoms with E-state index < -0.39 is 23.2 Å². The number of benzene rings is 1. The topological polar surface area (TPSA) is 81.8 Å². The normalized spacial score (nSPS) is 15.2. The van der Waals surface area contributed by atoms with Gasteiger partial charge in [0.2, 0.25) is 5.88 Å². The molecule has 1 fully saturated rings. The van der Waals surface area contributed by atoms with Crippen molar-refractivity contribution in [3.63, 3.8) is 0 Å². The molecule has 2 amide bonds. The van der Waals surface area contributed by atoms with E-state index >= 15 is 0 Å². The Labute approximate surface area is 159 Å². The number of rotatable bonds is 4. The van der Waals surface area contributed by atoms with Gasteiger partial charge >= 0.3 is 12.2 Å². The van der Waals surface area contributed by atoms with Gasteiger partial charge in [0, 0.05) is 24.6 Å². The summed E-state index contributed by atoms with van der Waals surface area (Å²) in [6.07, 6.45) is -3.74. The predicted molar refractivity (Wildman–Crippen MR) is 95.7 cm³/mol. The Morgan fingerprint density at radius 2 is 1.93 bits per heavy atom. The van der Waals surface area contributed by atoms with Gasteiger partial charge in [-0.25, -0.2) is 9.80 Å². The number of hydrazine groups is 1. The molecule has 2 heterocycles. The number of nitrogens with one attached hydrogen (secondary N) is 1. The highest BCUT2D eigenvalue weighted by Crippen LogP contribution is 2.32. The van der Waals surface area contributed by atoms with Crippen molar-refractivity contribution in [2.24, 2.45) is 0 Å². The van der Waals surface area contributed by atoms with Gasteiger partial charge in [0.05, 0.1) is 23.6 Å². The van der Waals surface area contributed by atoms with Gasteiger partial charge in [0.15, 0.2) is 0 Å². The van der Waals surface area contributed by atoms with E-state index in [2.05, 4.69) is 10.5 Å². The van der Waals surface area contributed by atoms with Crippen molar-refractivity contribution in [2.45, 2.75) is 31.9 Å². The maximum absolute atomic E-state index is 12.7. The summed E-state index contributed by atoms with van der Waals surface area (Å²) in [5.41, 5.74) is -0.384. The largest absolute Gasteiger partial charge is 0.416 e. The highest BCUT2D eigenvalue weighted by atomic mass is 19.4. The first-order chi connectivity index (χ1) is 13.1. The summed E-state index contributed by atoms with van der Waals surface area (Å²) in [4.78, 5) is 12.6. The molecule has 0 atom stereocenters. The Balaban J connectivity index is 1.71. The number of hydrogen-bond acceptors (Lipinski definition) is 5. The monoisotopic (exact) mass is 398 g/mol. The lowest BCUT2D eigenvalue weighted by molar-refractivity contribution is -0.137. The van der Waals surface area contributed by atoms with Crippen molar-refractivity contribution in [1.29, 1.82) is 0 Å². The molecule has 0 spiro atoms. The molecule has 1 aliphatic rings. The molecule has 0 radical (unpaired) electrons. The number of nitrogens with zero attached hydrogens (tertiary/aromatic N) is 3. The lowest BCUT2D eigenvalue weighted by atomic mass is 9.91. The number of aromatic nitrogens is 1. The molecule has 28 heavy (non-hydrogen) atoms. The Morgan fingerprint density at radius 3 is 2.54 bits per heavy atom. The molecule has 2 N–H and O–H groups in total. The van der Waals surface area contributed by atoms with Crippen molar-refractivity contribution in [3.8, 4) is 0 Å². The molecule has 7 nitrogen and oxygen atoms in total. The Bertz CT molecular complexity index is 833. The first kappa shape index (κ1) is 20.0. The second-order valence-electron chi connectivity index (χ2n) is 7.19. The molecule has 152 valence electrons. The summed E-state index contributed by atoms with van der Waals surface area (Å²) in [5, 5.41) is 18.9. The molecule has 1 aliphatic heterocycles. The SMILES string of the molecule is CC(C)(CO)c1cc(NC(=O)N2CCCN2c2ccc(C(F)(F)F)cc2)on1. The third-order valence-corrected chi connectivity index (χ3v) is 4.59. The number of hydrogen-bond donors (Lipinski definition) is 2. The van der Waals surface area contributed by atoms with Crippen molar-refractivity contribution >= 4 is 17.6 Å². The average Bonchev–Trinajstić information content (AvgIpc) is 3.31. The lowest BCUT2D eigenvalue weighted by Crippen LogP contribution is -2.43. The third kappa shape index (κ3) is 4.06. The fraction of sp³-hybridized carbons (Fsp3) is 0.444. The molecular formula is C18H21F3N4O3. The Hall–Kier alpha value is -2.75. The van der Waals surface area contributed by atoms with E-state index in [1.165, 1.54) is 23.2 Å². The van der Waals surface area contributed by atoms with Crippen molar-refractivity contribution in [2.75, 3.05) is 30.0 Å². The molecule has 1 aromatic carbocycles. The quantitative estimate of drug-likeness (QED) is 0.822. The highest BCUT2D eigenvalue weighted by Gasteiger charge is 2.32. The molecule has 3 rings (SSSR count). The van der Waals surface area contributed by atoms with Gasteiger partial charge in [-0.2, -0.15) is 13.2 Å². The van der Waals surface area contributed by atoms with E-state index in [-0.39, 0.29) is 12.5 Å². The second-order valence-corrected chi connectivity index (χ2v) is 7.19. The summed E-state index contributed by atoms with van der Waals surface area (Å²) in [7, 11) is 0. The van der Waals surface area contributed by atoms with Crippen LogP contribution in [0.3, 0.4) is 0 Å². The van der Waals surface area contributed by atoms with Crippen molar-refractivity contribution < 1.29 is 27.6 Å². The van der Waals surface area contributed by atoms with Gasteiger partial charge in [-0.05, 0) is 30.7 Å². The van der Waals surface area contributed by atoms with Crippen LogP contribution in [0.4, 0.5) is 29.5 Å². The smallest absolute Gasteiger partial charge is 0.395 e. The Morgan fingerprint density at radius 1 is 1.25 bits per heavy atom. The minimum atomic E-state index is -4.41. The van der Waals surface area contributed by atoms with Crippen LogP contribution >= 0.6 is 0 Å². The number of carbonyl (C=O) groups excluding carboxylic acids is 1. The van der Waals surface area contributed by atoms with E-state index in [1.54, 1.807) is 18.9 Å². The molecule has 2 aromatic rings. The minimum Gasteiger partial charge on any atom is -0.395 e. The van der Waals surface area contributed by atoms with Crippen LogP contribution in [0.15, 0.2) is 34.9 Å². The number of aliphatic hydroxyl groups is 1.